The molecule has 440 valence electrons. The second-order valence-electron chi connectivity index (χ2n) is 27.0. The molecule has 19 aromatic carbocycles. The maximum atomic E-state index is 5.78. The Hall–Kier alpha value is -12.6. The van der Waals surface area contributed by atoms with Gasteiger partial charge in [-0.25, -0.2) is 4.98 Å². The van der Waals surface area contributed by atoms with Crippen molar-refractivity contribution in [1.82, 2.24) is 19.4 Å². The van der Waals surface area contributed by atoms with Crippen molar-refractivity contribution < 1.29 is 0 Å². The predicted octanol–water partition coefficient (Wildman–Crippen LogP) is 24.4. The van der Waals surface area contributed by atoms with Gasteiger partial charge in [0.05, 0.1) is 45.2 Å². The fourth-order valence-electron chi connectivity index (χ4n) is 17.8. The van der Waals surface area contributed by atoms with Crippen LogP contribution in [0.2, 0.25) is 0 Å². The SMILES string of the molecule is C1=C(c2cc3ccc4cccc5ccc(c2)c3c45)NC(c2cc3ccc4cccc5ccc(c2)c3c45)C=C1n1c2ccccc2c2ccc3c(c4ccccc4n3-c3cc(-c4cc5ccc6cccc7ccc(c4)c5c67)nc(-c4cc5ccc6cccc7ccc(c4)c5c67)c3)c21. The first-order valence-electron chi connectivity index (χ1n) is 33.4. The minimum absolute atomic E-state index is 0.195. The van der Waals surface area contributed by atoms with Gasteiger partial charge in [0.25, 0.3) is 0 Å². The molecule has 1 aliphatic heterocycles. The average molecular weight is 1210 g/mol. The number of benzene rings is 19. The van der Waals surface area contributed by atoms with E-state index < -0.39 is 0 Å². The third-order valence-corrected chi connectivity index (χ3v) is 21.9. The summed E-state index contributed by atoms with van der Waals surface area (Å²) < 4.78 is 5.10. The van der Waals surface area contributed by atoms with Crippen molar-refractivity contribution in [3.05, 3.63) is 314 Å². The van der Waals surface area contributed by atoms with Crippen LogP contribution in [0.1, 0.15) is 17.2 Å². The fourth-order valence-corrected chi connectivity index (χ4v) is 17.8. The van der Waals surface area contributed by atoms with E-state index in [4.69, 9.17) is 4.98 Å². The van der Waals surface area contributed by atoms with Gasteiger partial charge in [-0.15, -0.1) is 0 Å². The number of dihydropyridines is 1. The zero-order valence-electron chi connectivity index (χ0n) is 51.8. The lowest BCUT2D eigenvalue weighted by Gasteiger charge is -2.27. The number of para-hydroxylation sites is 2. The number of nitrogens with zero attached hydrogens (tertiary/aromatic N) is 3. The van der Waals surface area contributed by atoms with E-state index in [1.54, 1.807) is 0 Å². The summed E-state index contributed by atoms with van der Waals surface area (Å²) in [4.78, 5) is 5.78. The number of fused-ring (bicyclic) bond motifs is 7. The number of hydrogen-bond donors (Lipinski definition) is 1. The smallest absolute Gasteiger partial charge is 0.0730 e. The Kier molecular flexibility index (Phi) is 9.86. The van der Waals surface area contributed by atoms with Gasteiger partial charge < -0.3 is 14.5 Å². The number of rotatable bonds is 6. The number of aromatic nitrogens is 3. The summed E-state index contributed by atoms with van der Waals surface area (Å²) in [6, 6.07) is 110. The molecule has 4 nitrogen and oxygen atoms in total. The summed E-state index contributed by atoms with van der Waals surface area (Å²) in [5, 5.41) is 39.4. The zero-order chi connectivity index (χ0) is 62.2. The van der Waals surface area contributed by atoms with Crippen molar-refractivity contribution in [2.45, 2.75) is 6.04 Å². The summed E-state index contributed by atoms with van der Waals surface area (Å²) in [5.74, 6) is 0. The molecule has 0 aliphatic carbocycles. The molecule has 0 fully saturated rings. The highest BCUT2D eigenvalue weighted by Crippen LogP contribution is 2.48. The van der Waals surface area contributed by atoms with E-state index in [0.717, 1.165) is 61.7 Å². The first kappa shape index (κ1) is 50.9. The summed E-state index contributed by atoms with van der Waals surface area (Å²) in [6.07, 6.45) is 4.91. The van der Waals surface area contributed by atoms with Gasteiger partial charge in [0.15, 0.2) is 0 Å². The van der Waals surface area contributed by atoms with Gasteiger partial charge in [-0.2, -0.15) is 0 Å². The number of allylic oxidation sites excluding steroid dienone is 2. The largest absolute Gasteiger partial charge is 0.374 e. The van der Waals surface area contributed by atoms with Crippen LogP contribution in [0.4, 0.5) is 0 Å². The number of nitrogens with one attached hydrogen (secondary N) is 1. The Morgan fingerprint density at radius 2 is 0.635 bits per heavy atom. The first-order valence-corrected chi connectivity index (χ1v) is 33.4. The van der Waals surface area contributed by atoms with Gasteiger partial charge in [0.1, 0.15) is 0 Å². The van der Waals surface area contributed by atoms with Crippen molar-refractivity contribution in [2.24, 2.45) is 0 Å². The van der Waals surface area contributed by atoms with Gasteiger partial charge >= 0.3 is 0 Å². The molecule has 96 heavy (non-hydrogen) atoms. The molecule has 0 bridgehead atoms. The van der Waals surface area contributed by atoms with Crippen molar-refractivity contribution in [3.63, 3.8) is 0 Å². The monoisotopic (exact) mass is 1210 g/mol. The van der Waals surface area contributed by atoms with Crippen molar-refractivity contribution in [3.8, 4) is 28.2 Å². The van der Waals surface area contributed by atoms with Crippen LogP contribution < -0.4 is 5.32 Å². The molecule has 0 saturated heterocycles. The third kappa shape index (κ3) is 6.98. The van der Waals surface area contributed by atoms with Crippen molar-refractivity contribution >= 4 is 184 Å². The van der Waals surface area contributed by atoms with E-state index in [0.29, 0.717) is 0 Å². The van der Waals surface area contributed by atoms with Crippen molar-refractivity contribution in [2.75, 3.05) is 0 Å². The molecular formula is C92H52N4. The molecular weight excluding hydrogens is 1160 g/mol. The molecule has 4 heterocycles. The number of pyridine rings is 1. The van der Waals surface area contributed by atoms with Gasteiger partial charge in [0.2, 0.25) is 0 Å². The standard InChI is InChI=1S/C92H52N4/c1-3-19-80-73(17-1)74-37-38-82-91(92(74)96(80)72-49-78(69-43-63-33-25-55-13-7-14-56-26-34-64(44-69)89(63)85(55)56)94-79(50-72)70-45-65-35-27-57-15-8-16-58-28-36-66(46-70)90(65)86(57)58)75-18-2-4-20-81(75)95(82)71-47-76(67-39-59-29-21-51-9-5-10-52-22-30-60(40-67)87(59)83(51)52)93-77(48-71)68-41-61-31-23-53-11-6-12-54-24-32-62(42-68)88(61)84(53)54/h1-50,78,94H. The summed E-state index contributed by atoms with van der Waals surface area (Å²) >= 11 is 0. The molecule has 1 N–H and O–H groups in total. The minimum Gasteiger partial charge on any atom is -0.374 e. The summed E-state index contributed by atoms with van der Waals surface area (Å²) in [7, 11) is 0. The van der Waals surface area contributed by atoms with Gasteiger partial charge in [0, 0.05) is 44.1 Å². The quantitative estimate of drug-likeness (QED) is 0.168. The lowest BCUT2D eigenvalue weighted by atomic mass is 9.89. The maximum absolute atomic E-state index is 5.78. The molecule has 0 saturated carbocycles. The van der Waals surface area contributed by atoms with Crippen LogP contribution in [0, 0.1) is 0 Å². The second kappa shape index (κ2) is 18.6. The van der Waals surface area contributed by atoms with Gasteiger partial charge in [-0.05, 0) is 231 Å². The summed E-state index contributed by atoms with van der Waals surface area (Å²) in [6.45, 7) is 0. The molecule has 4 heteroatoms. The topological polar surface area (TPSA) is 34.8 Å². The summed E-state index contributed by atoms with van der Waals surface area (Å²) in [5.41, 5.74) is 14.2. The minimum atomic E-state index is -0.195. The third-order valence-electron chi connectivity index (χ3n) is 21.9. The average Bonchev–Trinajstić information content (AvgIpc) is 1.54. The molecule has 22 aromatic rings. The molecule has 0 radical (unpaired) electrons. The molecule has 3 aromatic heterocycles. The Morgan fingerprint density at radius 1 is 0.271 bits per heavy atom. The first-order chi connectivity index (χ1) is 47.5. The molecule has 1 unspecified atom stereocenters. The maximum Gasteiger partial charge on any atom is 0.0730 e. The molecule has 0 amide bonds. The zero-order valence-corrected chi connectivity index (χ0v) is 51.8. The van der Waals surface area contributed by atoms with Crippen LogP contribution in [-0.4, -0.2) is 14.1 Å². The van der Waals surface area contributed by atoms with Crippen LogP contribution in [0.25, 0.3) is 212 Å². The highest BCUT2D eigenvalue weighted by atomic mass is 15.0. The normalized spacial score (nSPS) is 14.1. The van der Waals surface area contributed by atoms with Crippen LogP contribution in [0.15, 0.2) is 303 Å². The lowest BCUT2D eigenvalue weighted by Crippen LogP contribution is -2.23. The highest BCUT2D eigenvalue weighted by molar-refractivity contribution is 6.30. The lowest BCUT2D eigenvalue weighted by molar-refractivity contribution is 0.764. The molecule has 23 rings (SSSR count). The van der Waals surface area contributed by atoms with Crippen molar-refractivity contribution in [1.29, 1.82) is 0 Å². The van der Waals surface area contributed by atoms with E-state index in [-0.39, 0.29) is 6.04 Å². The van der Waals surface area contributed by atoms with Gasteiger partial charge in [-0.1, -0.05) is 212 Å². The van der Waals surface area contributed by atoms with Crippen LogP contribution in [-0.2, 0) is 0 Å². The highest BCUT2D eigenvalue weighted by Gasteiger charge is 2.27. The Bertz CT molecular complexity index is 6820. The van der Waals surface area contributed by atoms with E-state index >= 15 is 0 Å². The molecule has 1 atom stereocenters. The molecule has 1 aliphatic rings. The Balaban J connectivity index is 0.781. The predicted molar refractivity (Wildman–Crippen MR) is 408 cm³/mol. The van der Waals surface area contributed by atoms with E-state index in [9.17, 15) is 0 Å². The van der Waals surface area contributed by atoms with Crippen LogP contribution in [0.5, 0.6) is 0 Å². The van der Waals surface area contributed by atoms with E-state index in [2.05, 4.69) is 318 Å². The fraction of sp³-hybridized carbons (Fsp3) is 0.0109. The number of hydrogen-bond acceptors (Lipinski definition) is 2. The van der Waals surface area contributed by atoms with Gasteiger partial charge in [-0.3, -0.25) is 0 Å². The Morgan fingerprint density at radius 3 is 1.07 bits per heavy atom. The van der Waals surface area contributed by atoms with E-state index in [1.165, 1.54) is 162 Å². The van der Waals surface area contributed by atoms with Crippen LogP contribution in [0.3, 0.4) is 0 Å². The Labute approximate surface area is 549 Å². The second-order valence-corrected chi connectivity index (χ2v) is 27.0. The van der Waals surface area contributed by atoms with E-state index in [1.807, 2.05) is 0 Å². The van der Waals surface area contributed by atoms with Crippen LogP contribution >= 0.6 is 0 Å². The molecule has 0 spiro atoms.